The van der Waals surface area contributed by atoms with Gasteiger partial charge in [0.2, 0.25) is 0 Å². The Balaban J connectivity index is 2.29. The van der Waals surface area contributed by atoms with Crippen LogP contribution >= 0.6 is 23.2 Å². The monoisotopic (exact) mass is 314 g/mol. The highest BCUT2D eigenvalue weighted by Crippen LogP contribution is 2.29. The number of amides is 1. The quantitative estimate of drug-likeness (QED) is 0.937. The Morgan fingerprint density at radius 3 is 2.50 bits per heavy atom. The summed E-state index contributed by atoms with van der Waals surface area (Å²) in [5.74, 6) is -1.05. The molecule has 1 aromatic carbocycles. The van der Waals surface area contributed by atoms with Crippen molar-refractivity contribution < 1.29 is 13.9 Å². The van der Waals surface area contributed by atoms with E-state index in [0.717, 1.165) is 6.07 Å². The molecular weight excluding hydrogens is 306 g/mol. The molecule has 0 radical (unpaired) electrons. The van der Waals surface area contributed by atoms with Crippen LogP contribution in [0.4, 0.5) is 10.1 Å². The summed E-state index contributed by atoms with van der Waals surface area (Å²) in [6.07, 6.45) is 2.65. The Hall–Kier alpha value is -1.85. The highest BCUT2D eigenvalue weighted by Gasteiger charge is 2.16. The zero-order chi connectivity index (χ0) is 14.7. The van der Waals surface area contributed by atoms with Crippen molar-refractivity contribution in [3.05, 3.63) is 52.0 Å². The van der Waals surface area contributed by atoms with Crippen LogP contribution in [0.1, 0.15) is 10.4 Å². The molecule has 0 unspecified atom stereocenters. The highest BCUT2D eigenvalue weighted by molar-refractivity contribution is 6.39. The van der Waals surface area contributed by atoms with E-state index in [4.69, 9.17) is 27.9 Å². The zero-order valence-corrected chi connectivity index (χ0v) is 11.8. The molecule has 0 spiro atoms. The van der Waals surface area contributed by atoms with Gasteiger partial charge in [-0.25, -0.2) is 4.39 Å². The van der Waals surface area contributed by atoms with Crippen LogP contribution in [-0.4, -0.2) is 18.0 Å². The number of rotatable bonds is 3. The second-order valence-electron chi connectivity index (χ2n) is 3.78. The maximum absolute atomic E-state index is 13.8. The number of methoxy groups -OCH3 is 1. The summed E-state index contributed by atoms with van der Waals surface area (Å²) < 4.78 is 18.6. The lowest BCUT2D eigenvalue weighted by Crippen LogP contribution is -2.14. The highest BCUT2D eigenvalue weighted by atomic mass is 35.5. The van der Waals surface area contributed by atoms with Crippen LogP contribution < -0.4 is 10.1 Å². The summed E-state index contributed by atoms with van der Waals surface area (Å²) in [5, 5.41) is 2.78. The number of nitrogens with zero attached hydrogens (tertiary/aromatic N) is 1. The van der Waals surface area contributed by atoms with Gasteiger partial charge in [-0.15, -0.1) is 0 Å². The van der Waals surface area contributed by atoms with Gasteiger partial charge in [0.1, 0.15) is 11.6 Å². The average Bonchev–Trinajstić information content (AvgIpc) is 2.42. The number of hydrogen-bond donors (Lipinski definition) is 1. The van der Waals surface area contributed by atoms with Crippen molar-refractivity contribution in [2.75, 3.05) is 12.4 Å². The maximum Gasteiger partial charge on any atom is 0.258 e. The minimum absolute atomic E-state index is 0.144. The molecular formula is C13H9Cl2FN2O2. The van der Waals surface area contributed by atoms with E-state index in [0.29, 0.717) is 5.75 Å². The lowest BCUT2D eigenvalue weighted by Gasteiger charge is -2.09. The Morgan fingerprint density at radius 1 is 1.30 bits per heavy atom. The third-order valence-electron chi connectivity index (χ3n) is 2.51. The van der Waals surface area contributed by atoms with Crippen molar-refractivity contribution in [1.29, 1.82) is 0 Å². The van der Waals surface area contributed by atoms with E-state index in [2.05, 4.69) is 10.3 Å². The van der Waals surface area contributed by atoms with E-state index in [1.54, 1.807) is 0 Å². The van der Waals surface area contributed by atoms with E-state index in [-0.39, 0.29) is 21.3 Å². The van der Waals surface area contributed by atoms with Gasteiger partial charge in [-0.05, 0) is 12.1 Å². The number of benzene rings is 1. The smallest absolute Gasteiger partial charge is 0.258 e. The maximum atomic E-state index is 13.8. The molecule has 1 N–H and O–H groups in total. The number of pyridine rings is 1. The van der Waals surface area contributed by atoms with Gasteiger partial charge in [-0.2, -0.15) is 0 Å². The Bertz CT molecular complexity index is 645. The molecule has 0 atom stereocenters. The Labute approximate surface area is 124 Å². The molecule has 1 heterocycles. The molecule has 0 aliphatic carbocycles. The van der Waals surface area contributed by atoms with Crippen molar-refractivity contribution in [1.82, 2.24) is 4.98 Å². The molecule has 104 valence electrons. The van der Waals surface area contributed by atoms with Gasteiger partial charge in [0.15, 0.2) is 0 Å². The van der Waals surface area contributed by atoms with Gasteiger partial charge >= 0.3 is 0 Å². The Morgan fingerprint density at radius 2 is 1.95 bits per heavy atom. The van der Waals surface area contributed by atoms with Crippen molar-refractivity contribution in [3.8, 4) is 5.75 Å². The van der Waals surface area contributed by atoms with E-state index >= 15 is 0 Å². The fraction of sp³-hybridized carbons (Fsp3) is 0.0769. The van der Waals surface area contributed by atoms with Crippen LogP contribution in [0.5, 0.6) is 5.75 Å². The number of anilines is 1. The molecule has 0 bridgehead atoms. The van der Waals surface area contributed by atoms with E-state index in [1.807, 2.05) is 0 Å². The predicted octanol–water partition coefficient (Wildman–Crippen LogP) is 3.79. The van der Waals surface area contributed by atoms with Crippen LogP contribution in [0.2, 0.25) is 10.0 Å². The van der Waals surface area contributed by atoms with Gasteiger partial charge in [-0.1, -0.05) is 23.2 Å². The number of hydrogen-bond acceptors (Lipinski definition) is 3. The summed E-state index contributed by atoms with van der Waals surface area (Å²) in [7, 11) is 1.41. The molecule has 0 saturated heterocycles. The first-order valence-electron chi connectivity index (χ1n) is 5.47. The van der Waals surface area contributed by atoms with Crippen LogP contribution in [0, 0.1) is 5.82 Å². The van der Waals surface area contributed by atoms with Crippen molar-refractivity contribution >= 4 is 34.8 Å². The molecule has 2 aromatic rings. The first-order valence-corrected chi connectivity index (χ1v) is 6.22. The van der Waals surface area contributed by atoms with Gasteiger partial charge in [-0.3, -0.25) is 9.78 Å². The molecule has 0 saturated carbocycles. The summed E-state index contributed by atoms with van der Waals surface area (Å²) >= 11 is 11.7. The van der Waals surface area contributed by atoms with Crippen LogP contribution in [0.15, 0.2) is 30.6 Å². The van der Waals surface area contributed by atoms with Gasteiger partial charge in [0.05, 0.1) is 28.4 Å². The van der Waals surface area contributed by atoms with Gasteiger partial charge in [0.25, 0.3) is 5.91 Å². The molecule has 2 rings (SSSR count). The largest absolute Gasteiger partial charge is 0.497 e. The number of carbonyl (C=O) groups is 1. The average molecular weight is 315 g/mol. The predicted molar refractivity (Wildman–Crippen MR) is 75.2 cm³/mol. The van der Waals surface area contributed by atoms with Crippen LogP contribution in [-0.2, 0) is 0 Å². The number of carbonyl (C=O) groups excluding carboxylic acids is 1. The first kappa shape index (κ1) is 14.6. The first-order chi connectivity index (χ1) is 9.52. The van der Waals surface area contributed by atoms with E-state index in [1.165, 1.54) is 31.6 Å². The van der Waals surface area contributed by atoms with Crippen LogP contribution in [0.3, 0.4) is 0 Å². The second kappa shape index (κ2) is 6.07. The van der Waals surface area contributed by atoms with Gasteiger partial charge in [0, 0.05) is 18.5 Å². The number of halogens is 3. The lowest BCUT2D eigenvalue weighted by atomic mass is 10.2. The fourth-order valence-electron chi connectivity index (χ4n) is 1.52. The summed E-state index contributed by atoms with van der Waals surface area (Å²) in [5.41, 5.74) is 0.0401. The summed E-state index contributed by atoms with van der Waals surface area (Å²) in [6.45, 7) is 0. The number of ether oxygens (including phenoxy) is 1. The third-order valence-corrected chi connectivity index (χ3v) is 3.09. The van der Waals surface area contributed by atoms with E-state index in [9.17, 15) is 9.18 Å². The van der Waals surface area contributed by atoms with E-state index < -0.39 is 11.7 Å². The van der Waals surface area contributed by atoms with Crippen LogP contribution in [0.25, 0.3) is 0 Å². The second-order valence-corrected chi connectivity index (χ2v) is 4.59. The van der Waals surface area contributed by atoms with Crippen molar-refractivity contribution in [3.63, 3.8) is 0 Å². The molecule has 1 aromatic heterocycles. The molecule has 0 aliphatic heterocycles. The summed E-state index contributed by atoms with van der Waals surface area (Å²) in [4.78, 5) is 15.8. The zero-order valence-electron chi connectivity index (χ0n) is 10.3. The molecule has 1 amide bonds. The van der Waals surface area contributed by atoms with Crippen molar-refractivity contribution in [2.45, 2.75) is 0 Å². The number of nitrogens with one attached hydrogen (secondary N) is 1. The minimum atomic E-state index is -0.705. The molecule has 4 nitrogen and oxygen atoms in total. The molecule has 0 aliphatic rings. The standard InChI is InChI=1S/C13H9Cl2FN2O2/c1-20-7-2-3-8(11(16)4-7)13(19)18-12-9(14)5-17-6-10(12)15/h2-6H,1H3,(H,17,18,19). The molecule has 7 heteroatoms. The third kappa shape index (κ3) is 3.00. The SMILES string of the molecule is COc1ccc(C(=O)Nc2c(Cl)cncc2Cl)c(F)c1. The topological polar surface area (TPSA) is 51.2 Å². The normalized spacial score (nSPS) is 10.2. The number of aromatic nitrogens is 1. The minimum Gasteiger partial charge on any atom is -0.497 e. The van der Waals surface area contributed by atoms with Crippen molar-refractivity contribution in [2.24, 2.45) is 0 Å². The Kier molecular flexibility index (Phi) is 4.42. The summed E-state index contributed by atoms with van der Waals surface area (Å²) in [6, 6.07) is 3.91. The lowest BCUT2D eigenvalue weighted by molar-refractivity contribution is 0.102. The fourth-order valence-corrected chi connectivity index (χ4v) is 1.98. The molecule has 20 heavy (non-hydrogen) atoms. The molecule has 0 fully saturated rings. The van der Waals surface area contributed by atoms with Gasteiger partial charge < -0.3 is 10.1 Å².